The number of carbonyl (C=O) groups is 2. The summed E-state index contributed by atoms with van der Waals surface area (Å²) in [6.45, 7) is 9.96. The molecule has 0 aromatic heterocycles. The zero-order chi connectivity index (χ0) is 24.0. The molecule has 32 heavy (non-hydrogen) atoms. The predicted molar refractivity (Wildman–Crippen MR) is 131 cm³/mol. The van der Waals surface area contributed by atoms with Crippen LogP contribution in [0.3, 0.4) is 0 Å². The maximum atomic E-state index is 13.1. The fourth-order valence-electron chi connectivity index (χ4n) is 3.09. The van der Waals surface area contributed by atoms with Crippen LogP contribution in [-0.4, -0.2) is 35.9 Å². The van der Waals surface area contributed by atoms with E-state index in [1.165, 1.54) is 4.90 Å². The Morgan fingerprint density at radius 1 is 1.00 bits per heavy atom. The Morgan fingerprint density at radius 2 is 1.62 bits per heavy atom. The summed E-state index contributed by atoms with van der Waals surface area (Å²) in [4.78, 5) is 27.3. The minimum absolute atomic E-state index is 0.189. The number of ether oxygens (including phenoxy) is 1. The third-order valence-corrected chi connectivity index (χ3v) is 6.30. The normalized spacial score (nSPS) is 11.9. The lowest BCUT2D eigenvalue weighted by molar-refractivity contribution is -0.142. The Labute approximate surface area is 205 Å². The van der Waals surface area contributed by atoms with E-state index in [1.807, 2.05) is 27.7 Å². The van der Waals surface area contributed by atoms with Gasteiger partial charge in [-0.15, -0.1) is 0 Å². The number of nitrogens with one attached hydrogen (secondary N) is 1. The van der Waals surface area contributed by atoms with E-state index in [0.29, 0.717) is 33.3 Å². The van der Waals surface area contributed by atoms with Gasteiger partial charge in [-0.25, -0.2) is 0 Å². The van der Waals surface area contributed by atoms with E-state index >= 15 is 0 Å². The molecule has 0 saturated heterocycles. The van der Waals surface area contributed by atoms with Gasteiger partial charge in [-0.2, -0.15) is 0 Å². The van der Waals surface area contributed by atoms with Gasteiger partial charge in [-0.1, -0.05) is 54.7 Å². The number of benzene rings is 2. The van der Waals surface area contributed by atoms with Gasteiger partial charge in [0.1, 0.15) is 11.8 Å². The van der Waals surface area contributed by atoms with E-state index in [2.05, 4.69) is 5.32 Å². The van der Waals surface area contributed by atoms with Crippen LogP contribution >= 0.6 is 34.8 Å². The van der Waals surface area contributed by atoms with E-state index in [0.717, 1.165) is 16.7 Å². The van der Waals surface area contributed by atoms with Gasteiger partial charge in [0.15, 0.2) is 6.61 Å². The summed E-state index contributed by atoms with van der Waals surface area (Å²) in [6, 6.07) is 8.00. The summed E-state index contributed by atoms with van der Waals surface area (Å²) in [6.07, 6.45) is 0. The Morgan fingerprint density at radius 3 is 2.19 bits per heavy atom. The van der Waals surface area contributed by atoms with Crippen molar-refractivity contribution >= 4 is 46.6 Å². The molecule has 0 unspecified atom stereocenters. The van der Waals surface area contributed by atoms with Gasteiger partial charge in [-0.05, 0) is 67.6 Å². The molecule has 0 aliphatic carbocycles. The largest absolute Gasteiger partial charge is 0.484 e. The quantitative estimate of drug-likeness (QED) is 0.472. The number of amides is 2. The van der Waals surface area contributed by atoms with E-state index in [1.54, 1.807) is 37.3 Å². The van der Waals surface area contributed by atoms with Crippen molar-refractivity contribution in [1.29, 1.82) is 0 Å². The smallest absolute Gasteiger partial charge is 0.261 e. The second kappa shape index (κ2) is 11.8. The highest BCUT2D eigenvalue weighted by Gasteiger charge is 2.27. The van der Waals surface area contributed by atoms with Crippen molar-refractivity contribution in [2.45, 2.75) is 47.2 Å². The van der Waals surface area contributed by atoms with Crippen LogP contribution in [-0.2, 0) is 16.1 Å². The number of aryl methyl sites for hydroxylation is 2. The van der Waals surface area contributed by atoms with E-state index in [4.69, 9.17) is 39.5 Å². The molecule has 2 rings (SSSR count). The first-order chi connectivity index (χ1) is 15.0. The molecular formula is C24H29Cl3N2O3. The highest BCUT2D eigenvalue weighted by Crippen LogP contribution is 2.26. The van der Waals surface area contributed by atoms with Crippen molar-refractivity contribution in [2.24, 2.45) is 5.92 Å². The minimum Gasteiger partial charge on any atom is -0.484 e. The summed E-state index contributed by atoms with van der Waals surface area (Å²) < 4.78 is 5.75. The summed E-state index contributed by atoms with van der Waals surface area (Å²) >= 11 is 18.4. The van der Waals surface area contributed by atoms with Crippen molar-refractivity contribution < 1.29 is 14.3 Å². The van der Waals surface area contributed by atoms with Crippen molar-refractivity contribution in [3.63, 3.8) is 0 Å². The van der Waals surface area contributed by atoms with Crippen LogP contribution in [0.4, 0.5) is 0 Å². The highest BCUT2D eigenvalue weighted by molar-refractivity contribution is 6.42. The van der Waals surface area contributed by atoms with Gasteiger partial charge in [0.05, 0.1) is 10.0 Å². The molecule has 2 amide bonds. The summed E-state index contributed by atoms with van der Waals surface area (Å²) in [5.41, 5.74) is 2.49. The van der Waals surface area contributed by atoms with E-state index < -0.39 is 6.04 Å². The lowest BCUT2D eigenvalue weighted by Crippen LogP contribution is -2.49. The number of carbonyl (C=O) groups excluding carboxylic acids is 2. The van der Waals surface area contributed by atoms with Gasteiger partial charge >= 0.3 is 0 Å². The standard InChI is InChI=1S/C24H29Cl3N2O3/c1-14(2)11-28-24(31)17(5)29(12-18-6-7-20(25)21(26)10-18)22(30)13-32-19-8-15(3)23(27)16(4)9-19/h6-10,14,17H,11-13H2,1-5H3,(H,28,31)/t17-/m1/s1. The molecule has 1 N–H and O–H groups in total. The number of nitrogens with zero attached hydrogens (tertiary/aromatic N) is 1. The van der Waals surface area contributed by atoms with Crippen LogP contribution in [0.15, 0.2) is 30.3 Å². The molecule has 1 atom stereocenters. The maximum absolute atomic E-state index is 13.1. The second-order valence-corrected chi connectivity index (χ2v) is 9.44. The molecule has 174 valence electrons. The summed E-state index contributed by atoms with van der Waals surface area (Å²) in [5, 5.41) is 4.36. The van der Waals surface area contributed by atoms with Crippen molar-refractivity contribution in [2.75, 3.05) is 13.2 Å². The monoisotopic (exact) mass is 498 g/mol. The average molecular weight is 500 g/mol. The fourth-order valence-corrected chi connectivity index (χ4v) is 3.52. The van der Waals surface area contributed by atoms with Crippen molar-refractivity contribution in [3.8, 4) is 5.75 Å². The zero-order valence-electron chi connectivity index (χ0n) is 19.0. The van der Waals surface area contributed by atoms with Gasteiger partial charge in [0.2, 0.25) is 5.91 Å². The molecule has 0 spiro atoms. The SMILES string of the molecule is Cc1cc(OCC(=O)N(Cc2ccc(Cl)c(Cl)c2)[C@H](C)C(=O)NCC(C)C)cc(C)c1Cl. The molecule has 0 saturated carbocycles. The van der Waals surface area contributed by atoms with E-state index in [9.17, 15) is 9.59 Å². The van der Waals surface area contributed by atoms with Crippen LogP contribution in [0.2, 0.25) is 15.1 Å². The van der Waals surface area contributed by atoms with E-state index in [-0.39, 0.29) is 25.0 Å². The fraction of sp³-hybridized carbons (Fsp3) is 0.417. The topological polar surface area (TPSA) is 58.6 Å². The first-order valence-electron chi connectivity index (χ1n) is 10.4. The molecule has 0 heterocycles. The molecule has 0 aliphatic heterocycles. The van der Waals surface area contributed by atoms with Crippen LogP contribution < -0.4 is 10.1 Å². The lowest BCUT2D eigenvalue weighted by atomic mass is 10.1. The number of hydrogen-bond acceptors (Lipinski definition) is 3. The third kappa shape index (κ3) is 7.29. The Hall–Kier alpha value is -1.95. The molecule has 0 fully saturated rings. The first-order valence-corrected chi connectivity index (χ1v) is 11.5. The van der Waals surface area contributed by atoms with Crippen LogP contribution in [0.5, 0.6) is 5.75 Å². The van der Waals surface area contributed by atoms with Crippen molar-refractivity contribution in [1.82, 2.24) is 10.2 Å². The third-order valence-electron chi connectivity index (χ3n) is 4.96. The average Bonchev–Trinajstić information content (AvgIpc) is 2.74. The molecule has 5 nitrogen and oxygen atoms in total. The molecule has 2 aromatic rings. The van der Waals surface area contributed by atoms with Gasteiger partial charge in [0, 0.05) is 18.1 Å². The summed E-state index contributed by atoms with van der Waals surface area (Å²) in [5.74, 6) is 0.285. The highest BCUT2D eigenvalue weighted by atomic mass is 35.5. The first kappa shape index (κ1) is 26.3. The minimum atomic E-state index is -0.701. The van der Waals surface area contributed by atoms with Gasteiger partial charge in [-0.3, -0.25) is 9.59 Å². The van der Waals surface area contributed by atoms with Crippen LogP contribution in [0.25, 0.3) is 0 Å². The van der Waals surface area contributed by atoms with Crippen LogP contribution in [0, 0.1) is 19.8 Å². The van der Waals surface area contributed by atoms with Gasteiger partial charge < -0.3 is 15.0 Å². The summed E-state index contributed by atoms with van der Waals surface area (Å²) in [7, 11) is 0. The Bertz CT molecular complexity index is 956. The molecule has 2 aromatic carbocycles. The Kier molecular flexibility index (Phi) is 9.68. The number of rotatable bonds is 9. The molecule has 8 heteroatoms. The lowest BCUT2D eigenvalue weighted by Gasteiger charge is -2.29. The molecule has 0 bridgehead atoms. The number of halogens is 3. The number of hydrogen-bond donors (Lipinski definition) is 1. The maximum Gasteiger partial charge on any atom is 0.261 e. The van der Waals surface area contributed by atoms with Gasteiger partial charge in [0.25, 0.3) is 5.91 Å². The molecule has 0 radical (unpaired) electrons. The van der Waals surface area contributed by atoms with Crippen molar-refractivity contribution in [3.05, 3.63) is 62.1 Å². The molecule has 0 aliphatic rings. The predicted octanol–water partition coefficient (Wildman–Crippen LogP) is 5.83. The Balaban J connectivity index is 2.20. The molecular weight excluding hydrogens is 471 g/mol. The van der Waals surface area contributed by atoms with Crippen LogP contribution in [0.1, 0.15) is 37.5 Å². The zero-order valence-corrected chi connectivity index (χ0v) is 21.2. The second-order valence-electron chi connectivity index (χ2n) is 8.24.